The fourth-order valence-electron chi connectivity index (χ4n) is 4.84. The van der Waals surface area contributed by atoms with Crippen LogP contribution in [0.15, 0.2) is 92.3 Å². The van der Waals surface area contributed by atoms with Gasteiger partial charge in [0.2, 0.25) is 5.78 Å². The van der Waals surface area contributed by atoms with Gasteiger partial charge in [0.05, 0.1) is 46.7 Å². The van der Waals surface area contributed by atoms with E-state index in [0.29, 0.717) is 28.6 Å². The normalized spacial score (nSPS) is 15.5. The molecule has 3 aromatic carbocycles. The van der Waals surface area contributed by atoms with E-state index in [-0.39, 0.29) is 87.4 Å². The summed E-state index contributed by atoms with van der Waals surface area (Å²) in [7, 11) is -7.64. The van der Waals surface area contributed by atoms with Crippen molar-refractivity contribution in [1.29, 1.82) is 0 Å². The van der Waals surface area contributed by atoms with Crippen LogP contribution in [-0.2, 0) is 29.8 Å². The van der Waals surface area contributed by atoms with Crippen molar-refractivity contribution >= 4 is 72.3 Å². The van der Waals surface area contributed by atoms with Crippen molar-refractivity contribution in [1.82, 2.24) is 0 Å². The summed E-state index contributed by atoms with van der Waals surface area (Å²) in [4.78, 5) is 34.4. The summed E-state index contributed by atoms with van der Waals surface area (Å²) in [5.74, 6) is -2.65. The molecule has 0 saturated carbocycles. The molecule has 0 saturated heterocycles. The predicted molar refractivity (Wildman–Crippen MR) is 178 cm³/mol. The number of nitrogens with zero attached hydrogens (tertiary/aromatic N) is 2. The quantitative estimate of drug-likeness (QED) is 0.0386. The van der Waals surface area contributed by atoms with Crippen LogP contribution in [0.2, 0.25) is 0 Å². The Kier molecular flexibility index (Phi) is 13.6. The molecule has 0 amide bonds. The minimum absolute atomic E-state index is 0. The zero-order valence-electron chi connectivity index (χ0n) is 27.7. The Morgan fingerprint density at radius 3 is 1.87 bits per heavy atom. The van der Waals surface area contributed by atoms with Gasteiger partial charge in [0.25, 0.3) is 0 Å². The van der Waals surface area contributed by atoms with E-state index in [9.17, 15) is 45.4 Å². The molecule has 0 radical (unpaired) electrons. The number of allylic oxidation sites excluding steroid dienone is 4. The molecule has 17 nitrogen and oxygen atoms in total. The molecule has 258 valence electrons. The van der Waals surface area contributed by atoms with Gasteiger partial charge < -0.3 is 29.4 Å². The molecule has 0 fully saturated rings. The van der Waals surface area contributed by atoms with Gasteiger partial charge >= 0.3 is 65.1 Å². The molecule has 0 heterocycles. The molecule has 5 rings (SSSR count). The van der Waals surface area contributed by atoms with Gasteiger partial charge in [-0.3, -0.25) is 20.4 Å². The minimum Gasteiger partial charge on any atom is -0.744 e. The number of ketones is 2. The van der Waals surface area contributed by atoms with Crippen LogP contribution in [0.3, 0.4) is 0 Å². The average Bonchev–Trinajstić information content (AvgIpc) is 3.06. The monoisotopic (exact) mass is 767 g/mol. The van der Waals surface area contributed by atoms with E-state index >= 15 is 0 Å². The summed E-state index contributed by atoms with van der Waals surface area (Å²) in [6.07, 6.45) is 4.28. The Balaban J connectivity index is 0.00000364. The van der Waals surface area contributed by atoms with Crippen molar-refractivity contribution in [3.63, 3.8) is 0 Å². The van der Waals surface area contributed by atoms with Crippen molar-refractivity contribution in [2.75, 3.05) is 30.8 Å². The van der Waals surface area contributed by atoms with E-state index in [1.54, 1.807) is 30.3 Å². The van der Waals surface area contributed by atoms with Crippen LogP contribution in [0.5, 0.6) is 11.5 Å². The van der Waals surface area contributed by atoms with Crippen LogP contribution in [0.1, 0.15) is 15.9 Å². The molecule has 0 unspecified atom stereocenters. The van der Waals surface area contributed by atoms with Gasteiger partial charge in [-0.05, 0) is 77.4 Å². The van der Waals surface area contributed by atoms with E-state index in [0.717, 1.165) is 24.3 Å². The zero-order valence-corrected chi connectivity index (χ0v) is 33.3. The number of nitrogen functional groups attached to an aromatic ring is 1. The number of hydrogen-bond donors (Lipinski definition) is 4. The standard InChI is InChI=1S/C31H25N5O12S2.2Na/c1-47-25-10-15(3-6-22(25)34-33-18-5-8-24(37)20(13-18)31(39)40)16-4-7-23(26(11-16)48-2)35-36-29-27(50(44,45)46)12-17-9-19(49(41,42)43)14-21(32)28(17)30(29)38;;/h3-14,34-35H,32H2,1-2H3,(H,39,40)(H,41,42,43)(H,44,45,46);;/q;2*+1/p-2. The molecule has 0 bridgehead atoms. The number of hydrogen-bond acceptors (Lipinski definition) is 16. The molecule has 0 atom stereocenters. The van der Waals surface area contributed by atoms with Crippen molar-refractivity contribution in [3.05, 3.63) is 88.4 Å². The number of ether oxygens (including phenoxy) is 2. The SMILES string of the molecule is COc1cc(-c2ccc(NN=C3C(=O)c4c(N)cc(S(=O)(=O)[O-])cc4C=C3S(=O)(=O)[O-])c(OC)c2)ccc1NN=C1C=CC(=O)C(C(=O)O)=C1.[Na+].[Na+]. The number of carbonyl (C=O) groups is 3. The topological polar surface area (TPSA) is 279 Å². The largest absolute Gasteiger partial charge is 1.00 e. The van der Waals surface area contributed by atoms with Gasteiger partial charge in [-0.25, -0.2) is 21.6 Å². The number of nitrogens with one attached hydrogen (secondary N) is 2. The molecule has 2 aliphatic carbocycles. The number of fused-ring (bicyclic) bond motifs is 1. The van der Waals surface area contributed by atoms with Crippen LogP contribution in [0.25, 0.3) is 17.2 Å². The van der Waals surface area contributed by atoms with E-state index in [2.05, 4.69) is 21.1 Å². The third-order valence-corrected chi connectivity index (χ3v) is 8.88. The number of aliphatic carboxylic acids is 1. The Morgan fingerprint density at radius 2 is 1.37 bits per heavy atom. The third kappa shape index (κ3) is 9.07. The van der Waals surface area contributed by atoms with E-state index in [1.165, 1.54) is 26.4 Å². The van der Waals surface area contributed by atoms with Gasteiger partial charge in [0, 0.05) is 5.69 Å². The van der Waals surface area contributed by atoms with Gasteiger partial charge in [0.1, 0.15) is 43.0 Å². The summed E-state index contributed by atoms with van der Waals surface area (Å²) < 4.78 is 81.8. The number of nitrogens with two attached hydrogens (primary N) is 1. The number of hydrazone groups is 2. The summed E-state index contributed by atoms with van der Waals surface area (Å²) >= 11 is 0. The van der Waals surface area contributed by atoms with Crippen LogP contribution >= 0.6 is 0 Å². The molecule has 21 heteroatoms. The Labute approximate surface area is 340 Å². The Morgan fingerprint density at radius 1 is 0.808 bits per heavy atom. The fourth-order valence-corrected chi connectivity index (χ4v) is 6.03. The molecule has 0 aromatic heterocycles. The number of rotatable bonds is 10. The van der Waals surface area contributed by atoms with E-state index < -0.39 is 64.5 Å². The number of carboxylic acids is 1. The summed E-state index contributed by atoms with van der Waals surface area (Å²) in [5.41, 5.74) is 10.6. The Hall–Kier alpha value is -4.15. The second-order valence-corrected chi connectivity index (χ2v) is 13.1. The van der Waals surface area contributed by atoms with E-state index in [4.69, 9.17) is 15.2 Å². The van der Waals surface area contributed by atoms with Crippen molar-refractivity contribution in [2.45, 2.75) is 4.90 Å². The number of Topliss-reactive ketones (excluding diaryl/α,β-unsaturated/α-hetero) is 1. The fraction of sp³-hybridized carbons (Fsp3) is 0.0645. The molecule has 2 aliphatic rings. The number of anilines is 3. The van der Waals surface area contributed by atoms with E-state index in [1.807, 2.05) is 0 Å². The maximum Gasteiger partial charge on any atom is 1.00 e. The molecule has 5 N–H and O–H groups in total. The van der Waals surface area contributed by atoms with Crippen molar-refractivity contribution < 1.29 is 114 Å². The van der Waals surface area contributed by atoms with Crippen LogP contribution < -0.4 is 85.2 Å². The summed E-state index contributed by atoms with van der Waals surface area (Å²) in [5, 5.41) is 17.2. The second-order valence-electron chi connectivity index (χ2n) is 10.3. The van der Waals surface area contributed by atoms with Gasteiger partial charge in [0.15, 0.2) is 5.78 Å². The first kappa shape index (κ1) is 42.3. The number of benzene rings is 3. The van der Waals surface area contributed by atoms with Gasteiger partial charge in [-0.2, -0.15) is 10.2 Å². The molecular formula is C31H23N5Na2O12S2. The van der Waals surface area contributed by atoms with Crippen LogP contribution in [-0.4, -0.2) is 74.2 Å². The summed E-state index contributed by atoms with van der Waals surface area (Å²) in [6.45, 7) is 0. The zero-order chi connectivity index (χ0) is 36.5. The third-order valence-electron chi connectivity index (χ3n) is 7.22. The molecule has 0 spiro atoms. The van der Waals surface area contributed by atoms with Crippen molar-refractivity contribution in [3.8, 4) is 22.6 Å². The minimum atomic E-state index is -5.35. The second kappa shape index (κ2) is 16.7. The smallest absolute Gasteiger partial charge is 0.744 e. The molecule has 0 aliphatic heterocycles. The number of methoxy groups -OCH3 is 2. The maximum atomic E-state index is 13.3. The Bertz CT molecular complexity index is 2390. The first-order valence-corrected chi connectivity index (χ1v) is 16.7. The predicted octanol–water partition coefficient (Wildman–Crippen LogP) is -3.67. The number of carbonyl (C=O) groups excluding carboxylic acids is 2. The van der Waals surface area contributed by atoms with Gasteiger partial charge in [-0.15, -0.1) is 0 Å². The maximum absolute atomic E-state index is 13.3. The van der Waals surface area contributed by atoms with Crippen molar-refractivity contribution in [2.24, 2.45) is 10.2 Å². The summed E-state index contributed by atoms with van der Waals surface area (Å²) in [6, 6.07) is 11.2. The molecular weight excluding hydrogens is 744 g/mol. The molecule has 52 heavy (non-hydrogen) atoms. The first-order chi connectivity index (χ1) is 23.5. The van der Waals surface area contributed by atoms with Crippen LogP contribution in [0.4, 0.5) is 17.1 Å². The average molecular weight is 768 g/mol. The number of carboxylic acid groups (broad SMARTS) is 1. The van der Waals surface area contributed by atoms with Crippen LogP contribution in [0, 0.1) is 0 Å². The van der Waals surface area contributed by atoms with Gasteiger partial charge in [-0.1, -0.05) is 12.1 Å². The molecule has 3 aromatic rings. The first-order valence-electron chi connectivity index (χ1n) is 13.8.